The Balaban J connectivity index is 2.25. The molecule has 19 heavy (non-hydrogen) atoms. The van der Waals surface area contributed by atoms with E-state index in [0.29, 0.717) is 18.4 Å². The van der Waals surface area contributed by atoms with Gasteiger partial charge in [-0.15, -0.1) is 0 Å². The minimum absolute atomic E-state index is 0.195. The monoisotopic (exact) mass is 264 g/mol. The summed E-state index contributed by atoms with van der Waals surface area (Å²) in [6, 6.07) is 2.07. The van der Waals surface area contributed by atoms with Crippen LogP contribution in [0.2, 0.25) is 0 Å². The van der Waals surface area contributed by atoms with Crippen molar-refractivity contribution in [3.8, 4) is 6.01 Å². The van der Waals surface area contributed by atoms with E-state index in [1.807, 2.05) is 27.0 Å². The summed E-state index contributed by atoms with van der Waals surface area (Å²) in [5.74, 6) is 6.46. The molecule has 2 rings (SSSR count). The summed E-state index contributed by atoms with van der Waals surface area (Å²) in [7, 11) is 1.85. The Morgan fingerprint density at radius 1 is 1.32 bits per heavy atom. The van der Waals surface area contributed by atoms with Gasteiger partial charge >= 0.3 is 6.01 Å². The Bertz CT molecular complexity index is 547. The van der Waals surface area contributed by atoms with Crippen LogP contribution in [0.15, 0.2) is 6.07 Å². The number of anilines is 3. The van der Waals surface area contributed by atoms with E-state index in [4.69, 9.17) is 10.6 Å². The topological polar surface area (TPSA) is 116 Å². The van der Waals surface area contributed by atoms with Gasteiger partial charge in [-0.1, -0.05) is 0 Å². The second kappa shape index (κ2) is 5.48. The van der Waals surface area contributed by atoms with Crippen molar-refractivity contribution in [1.82, 2.24) is 24.7 Å². The normalized spacial score (nSPS) is 10.3. The van der Waals surface area contributed by atoms with E-state index in [1.165, 1.54) is 0 Å². The lowest BCUT2D eigenvalue weighted by atomic mass is 10.5. The van der Waals surface area contributed by atoms with E-state index >= 15 is 0 Å². The average molecular weight is 264 g/mol. The van der Waals surface area contributed by atoms with Crippen LogP contribution in [0.5, 0.6) is 6.01 Å². The number of rotatable bonds is 5. The molecule has 0 aliphatic carbocycles. The third-order valence-electron chi connectivity index (χ3n) is 2.37. The Hall–Kier alpha value is -2.42. The smallest absolute Gasteiger partial charge is 0.323 e. The van der Waals surface area contributed by atoms with Gasteiger partial charge in [-0.2, -0.15) is 20.1 Å². The highest BCUT2D eigenvalue weighted by Gasteiger charge is 2.08. The first-order chi connectivity index (χ1) is 9.12. The fourth-order valence-corrected chi connectivity index (χ4v) is 1.41. The highest BCUT2D eigenvalue weighted by molar-refractivity contribution is 5.49. The number of hydrazine groups is 1. The summed E-state index contributed by atoms with van der Waals surface area (Å²) in [6.07, 6.45) is 0. The molecule has 2 aromatic heterocycles. The molecule has 0 radical (unpaired) electrons. The molecule has 0 aliphatic heterocycles. The summed E-state index contributed by atoms with van der Waals surface area (Å²) in [4.78, 5) is 12.1. The summed E-state index contributed by atoms with van der Waals surface area (Å²) < 4.78 is 6.98. The molecule has 2 heterocycles. The molecule has 0 spiro atoms. The number of nitrogens with zero attached hydrogens (tertiary/aromatic N) is 5. The van der Waals surface area contributed by atoms with Crippen molar-refractivity contribution in [3.05, 3.63) is 11.8 Å². The first-order valence-electron chi connectivity index (χ1n) is 5.75. The summed E-state index contributed by atoms with van der Waals surface area (Å²) in [5.41, 5.74) is 3.37. The maximum Gasteiger partial charge on any atom is 0.323 e. The van der Waals surface area contributed by atoms with Crippen LogP contribution >= 0.6 is 0 Å². The lowest BCUT2D eigenvalue weighted by Gasteiger charge is -2.06. The molecule has 0 aliphatic rings. The molecule has 0 saturated carbocycles. The molecule has 0 bridgehead atoms. The zero-order valence-corrected chi connectivity index (χ0v) is 11.0. The fourth-order valence-electron chi connectivity index (χ4n) is 1.41. The number of aryl methyl sites for hydroxylation is 2. The van der Waals surface area contributed by atoms with Crippen LogP contribution in [0.3, 0.4) is 0 Å². The van der Waals surface area contributed by atoms with Crippen LogP contribution < -0.4 is 21.3 Å². The van der Waals surface area contributed by atoms with Gasteiger partial charge in [-0.05, 0) is 13.8 Å². The third kappa shape index (κ3) is 3.07. The maximum absolute atomic E-state index is 5.30. The number of ether oxygens (including phenoxy) is 1. The van der Waals surface area contributed by atoms with Crippen molar-refractivity contribution in [2.45, 2.75) is 13.8 Å². The third-order valence-corrected chi connectivity index (χ3v) is 2.37. The van der Waals surface area contributed by atoms with Crippen LogP contribution in [0.25, 0.3) is 0 Å². The molecule has 0 aromatic carbocycles. The number of aromatic nitrogens is 5. The van der Waals surface area contributed by atoms with Crippen molar-refractivity contribution in [1.29, 1.82) is 0 Å². The molecular formula is C10H16N8O. The number of hydrogen-bond donors (Lipinski definition) is 3. The van der Waals surface area contributed by atoms with Crippen LogP contribution in [-0.4, -0.2) is 31.3 Å². The van der Waals surface area contributed by atoms with Gasteiger partial charge in [-0.25, -0.2) is 5.84 Å². The van der Waals surface area contributed by atoms with E-state index in [9.17, 15) is 0 Å². The van der Waals surface area contributed by atoms with Gasteiger partial charge in [0, 0.05) is 18.8 Å². The Morgan fingerprint density at radius 2 is 2.05 bits per heavy atom. The number of nitrogen functional groups attached to an aromatic ring is 1. The fraction of sp³-hybridized carbons (Fsp3) is 0.400. The van der Waals surface area contributed by atoms with Crippen LogP contribution in [0.4, 0.5) is 17.7 Å². The Labute approximate surface area is 110 Å². The van der Waals surface area contributed by atoms with Crippen LogP contribution in [-0.2, 0) is 7.05 Å². The lowest BCUT2D eigenvalue weighted by Crippen LogP contribution is -2.13. The van der Waals surface area contributed by atoms with Gasteiger partial charge in [0.1, 0.15) is 0 Å². The highest BCUT2D eigenvalue weighted by atomic mass is 16.5. The van der Waals surface area contributed by atoms with E-state index in [0.717, 1.165) is 5.69 Å². The van der Waals surface area contributed by atoms with Gasteiger partial charge in [0.25, 0.3) is 0 Å². The zero-order valence-electron chi connectivity index (χ0n) is 11.0. The largest absolute Gasteiger partial charge is 0.464 e. The SMILES string of the molecule is CCOc1nc(NN)nc(Nc2cc(C)n(C)n2)n1. The molecule has 0 unspecified atom stereocenters. The van der Waals surface area contributed by atoms with E-state index in [2.05, 4.69) is 30.8 Å². The van der Waals surface area contributed by atoms with Crippen LogP contribution in [0.1, 0.15) is 12.6 Å². The minimum Gasteiger partial charge on any atom is -0.464 e. The molecule has 0 fully saturated rings. The zero-order chi connectivity index (χ0) is 13.8. The van der Waals surface area contributed by atoms with E-state index in [-0.39, 0.29) is 12.0 Å². The molecule has 102 valence electrons. The van der Waals surface area contributed by atoms with Gasteiger partial charge in [-0.3, -0.25) is 10.1 Å². The molecule has 0 amide bonds. The number of hydrogen-bond acceptors (Lipinski definition) is 8. The Morgan fingerprint density at radius 3 is 2.63 bits per heavy atom. The Kier molecular flexibility index (Phi) is 3.76. The lowest BCUT2D eigenvalue weighted by molar-refractivity contribution is 0.312. The predicted molar refractivity (Wildman–Crippen MR) is 70.0 cm³/mol. The standard InChI is InChI=1S/C10H16N8O/c1-4-19-10-14-8(13-9(15-10)16-11)12-7-5-6(2)18(3)17-7/h5H,4,11H2,1-3H3,(H2,12,13,14,15,16,17). The second-order valence-corrected chi connectivity index (χ2v) is 3.76. The predicted octanol–water partition coefficient (Wildman–Crippen LogP) is 0.341. The molecule has 0 saturated heterocycles. The van der Waals surface area contributed by atoms with Gasteiger partial charge in [0.2, 0.25) is 11.9 Å². The summed E-state index contributed by atoms with van der Waals surface area (Å²) in [6.45, 7) is 4.24. The summed E-state index contributed by atoms with van der Waals surface area (Å²) >= 11 is 0. The van der Waals surface area contributed by atoms with Crippen molar-refractivity contribution in [3.63, 3.8) is 0 Å². The van der Waals surface area contributed by atoms with Gasteiger partial charge in [0.15, 0.2) is 5.82 Å². The van der Waals surface area contributed by atoms with E-state index in [1.54, 1.807) is 4.68 Å². The average Bonchev–Trinajstić information content (AvgIpc) is 2.68. The minimum atomic E-state index is 0.195. The first-order valence-corrected chi connectivity index (χ1v) is 5.75. The van der Waals surface area contributed by atoms with Crippen molar-refractivity contribution in [2.24, 2.45) is 12.9 Å². The van der Waals surface area contributed by atoms with Gasteiger partial charge < -0.3 is 10.1 Å². The molecule has 9 heteroatoms. The summed E-state index contributed by atoms with van der Waals surface area (Å²) in [5, 5.41) is 7.22. The highest BCUT2D eigenvalue weighted by Crippen LogP contribution is 2.15. The molecule has 4 N–H and O–H groups in total. The maximum atomic E-state index is 5.30. The second-order valence-electron chi connectivity index (χ2n) is 3.76. The molecule has 9 nitrogen and oxygen atoms in total. The van der Waals surface area contributed by atoms with Crippen molar-refractivity contribution < 1.29 is 4.74 Å². The molecule has 0 atom stereocenters. The van der Waals surface area contributed by atoms with Crippen LogP contribution in [0, 0.1) is 6.92 Å². The molecular weight excluding hydrogens is 248 g/mol. The quantitative estimate of drug-likeness (QED) is 0.523. The van der Waals surface area contributed by atoms with Gasteiger partial charge in [0.05, 0.1) is 6.61 Å². The van der Waals surface area contributed by atoms with Crippen molar-refractivity contribution >= 4 is 17.7 Å². The van der Waals surface area contributed by atoms with Crippen molar-refractivity contribution in [2.75, 3.05) is 17.3 Å². The number of nitrogens with two attached hydrogens (primary N) is 1. The number of nitrogens with one attached hydrogen (secondary N) is 2. The van der Waals surface area contributed by atoms with E-state index < -0.39 is 0 Å². The molecule has 2 aromatic rings. The first kappa shape index (κ1) is 13.0.